The zero-order valence-corrected chi connectivity index (χ0v) is 11.6. The molecular formula is C15H14N2OS. The van der Waals surface area contributed by atoms with Crippen molar-refractivity contribution in [3.63, 3.8) is 0 Å². The van der Waals surface area contributed by atoms with Gasteiger partial charge < -0.3 is 10.3 Å². The van der Waals surface area contributed by atoms with Gasteiger partial charge in [0.2, 0.25) is 5.88 Å². The molecule has 2 heterocycles. The molecule has 96 valence electrons. The van der Waals surface area contributed by atoms with E-state index < -0.39 is 0 Å². The van der Waals surface area contributed by atoms with Gasteiger partial charge >= 0.3 is 0 Å². The lowest BCUT2D eigenvalue weighted by Gasteiger charge is -2.05. The topological polar surface area (TPSA) is 52.0 Å². The molecule has 0 unspecified atom stereocenters. The Hall–Kier alpha value is -2.07. The van der Waals surface area contributed by atoms with Gasteiger partial charge in [-0.1, -0.05) is 28.9 Å². The van der Waals surface area contributed by atoms with Crippen LogP contribution in [-0.4, -0.2) is 5.16 Å². The molecule has 0 saturated carbocycles. The van der Waals surface area contributed by atoms with E-state index in [1.807, 2.05) is 17.5 Å². The normalized spacial score (nSPS) is 10.8. The van der Waals surface area contributed by atoms with Crippen LogP contribution in [0.1, 0.15) is 11.1 Å². The summed E-state index contributed by atoms with van der Waals surface area (Å²) in [4.78, 5) is 1.08. The molecule has 0 amide bonds. The average Bonchev–Trinajstić information content (AvgIpc) is 3.01. The molecule has 3 nitrogen and oxygen atoms in total. The number of rotatable bonds is 2. The van der Waals surface area contributed by atoms with Gasteiger partial charge in [0.15, 0.2) is 0 Å². The Balaban J connectivity index is 2.24. The largest absolute Gasteiger partial charge is 0.367 e. The molecule has 0 spiro atoms. The second kappa shape index (κ2) is 4.55. The van der Waals surface area contributed by atoms with Crippen LogP contribution in [0.3, 0.4) is 0 Å². The highest BCUT2D eigenvalue weighted by Gasteiger charge is 2.19. The zero-order chi connectivity index (χ0) is 13.4. The molecule has 0 aliphatic carbocycles. The van der Waals surface area contributed by atoms with Gasteiger partial charge in [0.25, 0.3) is 0 Å². The quantitative estimate of drug-likeness (QED) is 0.756. The standard InChI is InChI=1S/C15H14N2OS/c1-9-5-6-10(2)11(8-9)14-13(15(16)18-17-14)12-4-3-7-19-12/h3-8H,16H2,1-2H3. The number of hydrogen-bond acceptors (Lipinski definition) is 4. The number of hydrogen-bond donors (Lipinski definition) is 1. The number of aromatic nitrogens is 1. The van der Waals surface area contributed by atoms with Crippen molar-refractivity contribution in [2.45, 2.75) is 13.8 Å². The molecule has 1 aromatic carbocycles. The van der Waals surface area contributed by atoms with Crippen molar-refractivity contribution in [3.05, 3.63) is 46.8 Å². The first-order valence-electron chi connectivity index (χ1n) is 6.03. The summed E-state index contributed by atoms with van der Waals surface area (Å²) in [5.74, 6) is 0.373. The van der Waals surface area contributed by atoms with Crippen LogP contribution in [-0.2, 0) is 0 Å². The van der Waals surface area contributed by atoms with E-state index in [9.17, 15) is 0 Å². The second-order valence-corrected chi connectivity index (χ2v) is 5.51. The highest BCUT2D eigenvalue weighted by Crippen LogP contribution is 2.39. The minimum absolute atomic E-state index is 0.373. The summed E-state index contributed by atoms with van der Waals surface area (Å²) in [7, 11) is 0. The van der Waals surface area contributed by atoms with E-state index in [0.29, 0.717) is 5.88 Å². The lowest BCUT2D eigenvalue weighted by Crippen LogP contribution is -1.89. The first-order valence-corrected chi connectivity index (χ1v) is 6.91. The molecular weight excluding hydrogens is 256 g/mol. The summed E-state index contributed by atoms with van der Waals surface area (Å²) in [5.41, 5.74) is 11.1. The van der Waals surface area contributed by atoms with Crippen molar-refractivity contribution in [3.8, 4) is 21.7 Å². The predicted molar refractivity (Wildman–Crippen MR) is 79.1 cm³/mol. The Labute approximate surface area is 115 Å². The van der Waals surface area contributed by atoms with Gasteiger partial charge in [0.1, 0.15) is 5.69 Å². The number of anilines is 1. The minimum Gasteiger partial charge on any atom is -0.367 e. The summed E-state index contributed by atoms with van der Waals surface area (Å²) in [6, 6.07) is 10.3. The van der Waals surface area contributed by atoms with E-state index in [2.05, 4.69) is 37.2 Å². The maximum atomic E-state index is 5.94. The molecule has 0 aliphatic rings. The van der Waals surface area contributed by atoms with Crippen LogP contribution in [0.2, 0.25) is 0 Å². The van der Waals surface area contributed by atoms with E-state index in [1.165, 1.54) is 5.56 Å². The SMILES string of the molecule is Cc1ccc(C)c(-c2noc(N)c2-c2cccs2)c1. The van der Waals surface area contributed by atoms with Gasteiger partial charge in [-0.05, 0) is 36.9 Å². The average molecular weight is 270 g/mol. The van der Waals surface area contributed by atoms with E-state index in [1.54, 1.807) is 11.3 Å². The predicted octanol–water partition coefficient (Wildman–Crippen LogP) is 4.27. The molecule has 2 aromatic heterocycles. The Morgan fingerprint density at radius 3 is 2.79 bits per heavy atom. The van der Waals surface area contributed by atoms with Gasteiger partial charge in [0.05, 0.1) is 5.56 Å². The van der Waals surface area contributed by atoms with Gasteiger partial charge in [-0.25, -0.2) is 0 Å². The van der Waals surface area contributed by atoms with Crippen LogP contribution >= 0.6 is 11.3 Å². The summed E-state index contributed by atoms with van der Waals surface area (Å²) in [6.07, 6.45) is 0. The van der Waals surface area contributed by atoms with Crippen LogP contribution in [0.25, 0.3) is 21.7 Å². The van der Waals surface area contributed by atoms with E-state index in [-0.39, 0.29) is 0 Å². The molecule has 3 rings (SSSR count). The van der Waals surface area contributed by atoms with Crippen molar-refractivity contribution in [2.24, 2.45) is 0 Å². The summed E-state index contributed by atoms with van der Waals surface area (Å²) in [6.45, 7) is 4.13. The van der Waals surface area contributed by atoms with Gasteiger partial charge in [-0.3, -0.25) is 0 Å². The Morgan fingerprint density at radius 1 is 1.21 bits per heavy atom. The first kappa shape index (κ1) is 12.0. The smallest absolute Gasteiger partial charge is 0.231 e. The molecule has 0 saturated heterocycles. The van der Waals surface area contributed by atoms with Gasteiger partial charge in [-0.2, -0.15) is 0 Å². The second-order valence-electron chi connectivity index (χ2n) is 4.57. The van der Waals surface area contributed by atoms with Crippen molar-refractivity contribution in [2.75, 3.05) is 5.73 Å². The van der Waals surface area contributed by atoms with E-state index in [4.69, 9.17) is 10.3 Å². The van der Waals surface area contributed by atoms with Crippen LogP contribution in [0.5, 0.6) is 0 Å². The van der Waals surface area contributed by atoms with Crippen molar-refractivity contribution in [1.82, 2.24) is 5.16 Å². The summed E-state index contributed by atoms with van der Waals surface area (Å²) < 4.78 is 5.20. The van der Waals surface area contributed by atoms with Crippen LogP contribution < -0.4 is 5.73 Å². The van der Waals surface area contributed by atoms with Crippen LogP contribution in [0, 0.1) is 13.8 Å². The van der Waals surface area contributed by atoms with Crippen molar-refractivity contribution >= 4 is 17.2 Å². The first-order chi connectivity index (χ1) is 9.16. The van der Waals surface area contributed by atoms with Gasteiger partial charge in [0, 0.05) is 10.4 Å². The van der Waals surface area contributed by atoms with Crippen LogP contribution in [0.4, 0.5) is 5.88 Å². The van der Waals surface area contributed by atoms with Crippen LogP contribution in [0.15, 0.2) is 40.2 Å². The Morgan fingerprint density at radius 2 is 2.05 bits per heavy atom. The third-order valence-corrected chi connectivity index (χ3v) is 4.02. The van der Waals surface area contributed by atoms with Gasteiger partial charge in [-0.15, -0.1) is 11.3 Å². The number of nitrogens with two attached hydrogens (primary N) is 1. The lowest BCUT2D eigenvalue weighted by molar-refractivity contribution is 0.439. The molecule has 0 aliphatic heterocycles. The maximum Gasteiger partial charge on any atom is 0.231 e. The summed E-state index contributed by atoms with van der Waals surface area (Å²) >= 11 is 1.63. The maximum absolute atomic E-state index is 5.94. The highest BCUT2D eigenvalue weighted by atomic mass is 32.1. The molecule has 3 aromatic rings. The van der Waals surface area contributed by atoms with Crippen molar-refractivity contribution in [1.29, 1.82) is 0 Å². The molecule has 0 radical (unpaired) electrons. The number of nitrogen functional groups attached to an aromatic ring is 1. The van der Waals surface area contributed by atoms with E-state index >= 15 is 0 Å². The Kier molecular flexibility index (Phi) is 2.87. The number of nitrogens with zero attached hydrogens (tertiary/aromatic N) is 1. The molecule has 19 heavy (non-hydrogen) atoms. The molecule has 4 heteroatoms. The minimum atomic E-state index is 0.373. The highest BCUT2D eigenvalue weighted by molar-refractivity contribution is 7.13. The van der Waals surface area contributed by atoms with E-state index in [0.717, 1.165) is 27.3 Å². The molecule has 0 fully saturated rings. The third kappa shape index (κ3) is 2.04. The zero-order valence-electron chi connectivity index (χ0n) is 10.8. The monoisotopic (exact) mass is 270 g/mol. The Bertz CT molecular complexity index is 714. The lowest BCUT2D eigenvalue weighted by atomic mass is 9.99. The molecule has 0 atom stereocenters. The fraction of sp³-hybridized carbons (Fsp3) is 0.133. The number of thiophene rings is 1. The summed E-state index contributed by atoms with van der Waals surface area (Å²) in [5, 5.41) is 6.17. The molecule has 2 N–H and O–H groups in total. The fourth-order valence-corrected chi connectivity index (χ4v) is 2.91. The molecule has 0 bridgehead atoms. The number of aryl methyl sites for hydroxylation is 2. The van der Waals surface area contributed by atoms with Crippen molar-refractivity contribution < 1.29 is 4.52 Å². The third-order valence-electron chi connectivity index (χ3n) is 3.13. The number of benzene rings is 1. The fourth-order valence-electron chi connectivity index (χ4n) is 2.14.